The molecule has 1 unspecified atom stereocenters. The Morgan fingerprint density at radius 3 is 2.33 bits per heavy atom. The van der Waals surface area contributed by atoms with Crippen molar-refractivity contribution in [3.63, 3.8) is 0 Å². The highest BCUT2D eigenvalue weighted by atomic mass is 127. The Morgan fingerprint density at radius 2 is 1.83 bits per heavy atom. The molecule has 0 spiro atoms. The zero-order chi connectivity index (χ0) is 8.97. The molecule has 1 rings (SSSR count). The van der Waals surface area contributed by atoms with Gasteiger partial charge in [-0.1, -0.05) is 64.6 Å². The van der Waals surface area contributed by atoms with Crippen LogP contribution in [0, 0.1) is 0 Å². The van der Waals surface area contributed by atoms with Gasteiger partial charge in [-0.3, -0.25) is 0 Å². The van der Waals surface area contributed by atoms with Crippen molar-refractivity contribution in [3.8, 4) is 0 Å². The molecule has 0 radical (unpaired) electrons. The first-order valence-corrected chi connectivity index (χ1v) is 5.29. The van der Waals surface area contributed by atoms with Crippen LogP contribution in [-0.4, -0.2) is 0 Å². The van der Waals surface area contributed by atoms with Crippen molar-refractivity contribution in [2.45, 2.75) is 17.8 Å². The second-order valence-electron chi connectivity index (χ2n) is 3.06. The van der Waals surface area contributed by atoms with Crippen molar-refractivity contribution in [2.75, 3.05) is 0 Å². The van der Waals surface area contributed by atoms with Crippen LogP contribution in [-0.2, 0) is 0 Å². The van der Waals surface area contributed by atoms with E-state index in [2.05, 4.69) is 72.8 Å². The lowest BCUT2D eigenvalue weighted by atomic mass is 10.1. The minimum atomic E-state index is 0.508. The molecule has 0 aliphatic carbocycles. The van der Waals surface area contributed by atoms with Gasteiger partial charge in [0, 0.05) is 0 Å². The zero-order valence-corrected chi connectivity index (χ0v) is 9.58. The Balaban J connectivity index is 2.79. The maximum Gasteiger partial charge on any atom is 0.0541 e. The first-order chi connectivity index (χ1) is 5.70. The summed E-state index contributed by atoms with van der Waals surface area (Å²) in [6.07, 6.45) is 2.27. The molecule has 1 aromatic rings. The first kappa shape index (κ1) is 9.78. The van der Waals surface area contributed by atoms with Gasteiger partial charge < -0.3 is 0 Å². The van der Waals surface area contributed by atoms with Crippen LogP contribution < -0.4 is 0 Å². The second-order valence-corrected chi connectivity index (χ2v) is 4.40. The van der Waals surface area contributed by atoms with Crippen molar-refractivity contribution >= 4 is 22.6 Å². The molecule has 0 saturated carbocycles. The van der Waals surface area contributed by atoms with Crippen LogP contribution in [0.25, 0.3) is 0 Å². The number of hydrogen-bond donors (Lipinski definition) is 0. The Labute approximate surface area is 87.8 Å². The van der Waals surface area contributed by atoms with Gasteiger partial charge in [-0.05, 0) is 19.4 Å². The predicted molar refractivity (Wildman–Crippen MR) is 62.6 cm³/mol. The smallest absolute Gasteiger partial charge is 0.0541 e. The van der Waals surface area contributed by atoms with Crippen LogP contribution in [0.3, 0.4) is 0 Å². The molecule has 0 saturated heterocycles. The molecule has 1 aromatic carbocycles. The highest BCUT2D eigenvalue weighted by Crippen LogP contribution is 2.25. The summed E-state index contributed by atoms with van der Waals surface area (Å²) in [6.45, 7) is 4.27. The molecule has 0 amide bonds. The molecule has 12 heavy (non-hydrogen) atoms. The van der Waals surface area contributed by atoms with E-state index in [-0.39, 0.29) is 0 Å². The van der Waals surface area contributed by atoms with Crippen LogP contribution >= 0.6 is 22.6 Å². The molecule has 0 nitrogen and oxygen atoms in total. The van der Waals surface area contributed by atoms with Gasteiger partial charge in [-0.25, -0.2) is 0 Å². The summed E-state index contributed by atoms with van der Waals surface area (Å²) >= 11 is 2.45. The number of hydrogen-bond acceptors (Lipinski definition) is 0. The Morgan fingerprint density at radius 1 is 1.25 bits per heavy atom. The van der Waals surface area contributed by atoms with E-state index < -0.39 is 0 Å². The largest absolute Gasteiger partial charge is 0.0791 e. The predicted octanol–water partition coefficient (Wildman–Crippen LogP) is 4.13. The summed E-state index contributed by atoms with van der Waals surface area (Å²) in [5.74, 6) is 0. The number of alkyl halides is 1. The van der Waals surface area contributed by atoms with Gasteiger partial charge in [0.2, 0.25) is 0 Å². The number of benzene rings is 1. The molecule has 0 aliphatic heterocycles. The Kier molecular flexibility index (Phi) is 3.79. The maximum absolute atomic E-state index is 2.45. The highest BCUT2D eigenvalue weighted by Gasteiger charge is 2.00. The van der Waals surface area contributed by atoms with Crippen molar-refractivity contribution in [2.24, 2.45) is 0 Å². The summed E-state index contributed by atoms with van der Waals surface area (Å²) in [6, 6.07) is 10.5. The minimum absolute atomic E-state index is 0.508. The van der Waals surface area contributed by atoms with Crippen molar-refractivity contribution in [1.29, 1.82) is 0 Å². The number of allylic oxidation sites excluding steroid dienone is 2. The molecule has 0 N–H and O–H groups in total. The van der Waals surface area contributed by atoms with Gasteiger partial charge in [-0.15, -0.1) is 0 Å². The van der Waals surface area contributed by atoms with E-state index >= 15 is 0 Å². The third kappa shape index (κ3) is 2.97. The van der Waals surface area contributed by atoms with E-state index in [9.17, 15) is 0 Å². The summed E-state index contributed by atoms with van der Waals surface area (Å²) in [4.78, 5) is 0. The lowest BCUT2D eigenvalue weighted by Gasteiger charge is -2.04. The van der Waals surface area contributed by atoms with Crippen LogP contribution in [0.2, 0.25) is 0 Å². The normalized spacial score (nSPS) is 12.2. The lowest BCUT2D eigenvalue weighted by Crippen LogP contribution is -1.84. The van der Waals surface area contributed by atoms with Gasteiger partial charge in [0.1, 0.15) is 0 Å². The third-order valence-electron chi connectivity index (χ3n) is 1.60. The topological polar surface area (TPSA) is 0 Å². The van der Waals surface area contributed by atoms with E-state index in [1.807, 2.05) is 0 Å². The summed E-state index contributed by atoms with van der Waals surface area (Å²) in [5.41, 5.74) is 2.75. The van der Waals surface area contributed by atoms with Crippen molar-refractivity contribution < 1.29 is 0 Å². The molecule has 0 heterocycles. The molecule has 0 bridgehead atoms. The van der Waals surface area contributed by atoms with Crippen LogP contribution in [0.5, 0.6) is 0 Å². The van der Waals surface area contributed by atoms with Crippen LogP contribution in [0.4, 0.5) is 0 Å². The van der Waals surface area contributed by atoms with E-state index in [0.717, 1.165) is 0 Å². The summed E-state index contributed by atoms with van der Waals surface area (Å²) in [7, 11) is 0. The highest BCUT2D eigenvalue weighted by molar-refractivity contribution is 14.1. The monoisotopic (exact) mass is 272 g/mol. The fraction of sp³-hybridized carbons (Fsp3) is 0.273. The van der Waals surface area contributed by atoms with Gasteiger partial charge in [0.15, 0.2) is 0 Å². The summed E-state index contributed by atoms with van der Waals surface area (Å²) < 4.78 is 0.508. The lowest BCUT2D eigenvalue weighted by molar-refractivity contribution is 1.22. The van der Waals surface area contributed by atoms with Crippen molar-refractivity contribution in [1.82, 2.24) is 0 Å². The second kappa shape index (κ2) is 4.65. The fourth-order valence-electron chi connectivity index (χ4n) is 1.03. The Bertz CT molecular complexity index is 258. The summed E-state index contributed by atoms with van der Waals surface area (Å²) in [5, 5.41) is 0. The molecule has 0 aliphatic rings. The fourth-order valence-corrected chi connectivity index (χ4v) is 2.16. The third-order valence-corrected chi connectivity index (χ3v) is 2.68. The van der Waals surface area contributed by atoms with Crippen LogP contribution in [0.1, 0.15) is 23.3 Å². The average Bonchev–Trinajstić information content (AvgIpc) is 2.05. The van der Waals surface area contributed by atoms with Gasteiger partial charge in [0.05, 0.1) is 3.92 Å². The molecular formula is C11H13I. The average molecular weight is 272 g/mol. The van der Waals surface area contributed by atoms with Gasteiger partial charge in [-0.2, -0.15) is 0 Å². The number of halogens is 1. The van der Waals surface area contributed by atoms with Gasteiger partial charge >= 0.3 is 0 Å². The van der Waals surface area contributed by atoms with Crippen molar-refractivity contribution in [3.05, 3.63) is 47.5 Å². The SMILES string of the molecule is CC(C)=CC(I)c1ccccc1. The number of rotatable bonds is 2. The molecule has 1 atom stereocenters. The zero-order valence-electron chi connectivity index (χ0n) is 7.42. The van der Waals surface area contributed by atoms with E-state index in [1.165, 1.54) is 11.1 Å². The van der Waals surface area contributed by atoms with Gasteiger partial charge in [0.25, 0.3) is 0 Å². The Hall–Kier alpha value is -0.310. The van der Waals surface area contributed by atoms with E-state index in [0.29, 0.717) is 3.92 Å². The molecule has 64 valence electrons. The molecule has 0 fully saturated rings. The molecule has 0 aromatic heterocycles. The molecular weight excluding hydrogens is 259 g/mol. The van der Waals surface area contributed by atoms with Crippen LogP contribution in [0.15, 0.2) is 42.0 Å². The molecule has 1 heteroatoms. The maximum atomic E-state index is 2.45. The quantitative estimate of drug-likeness (QED) is 0.431. The standard InChI is InChI=1S/C11H13I/c1-9(2)8-11(12)10-6-4-3-5-7-10/h3-8,11H,1-2H3. The van der Waals surface area contributed by atoms with E-state index in [1.54, 1.807) is 0 Å². The van der Waals surface area contributed by atoms with E-state index in [4.69, 9.17) is 0 Å². The minimum Gasteiger partial charge on any atom is -0.0791 e. The first-order valence-electron chi connectivity index (χ1n) is 4.04.